The van der Waals surface area contributed by atoms with Gasteiger partial charge in [0.2, 0.25) is 0 Å². The van der Waals surface area contributed by atoms with Gasteiger partial charge >= 0.3 is 5.97 Å². The Morgan fingerprint density at radius 2 is 2.05 bits per heavy atom. The number of hydrogen-bond acceptors (Lipinski definition) is 3. The van der Waals surface area contributed by atoms with Gasteiger partial charge in [0, 0.05) is 10.9 Å². The van der Waals surface area contributed by atoms with Gasteiger partial charge in [-0.3, -0.25) is 9.28 Å². The van der Waals surface area contributed by atoms with Gasteiger partial charge in [0.05, 0.1) is 12.1 Å². The third-order valence-electron chi connectivity index (χ3n) is 4.86. The van der Waals surface area contributed by atoms with Crippen molar-refractivity contribution in [1.82, 2.24) is 0 Å². The van der Waals surface area contributed by atoms with E-state index in [-0.39, 0.29) is 4.48 Å². The lowest BCUT2D eigenvalue weighted by Crippen LogP contribution is -2.73. The molecule has 0 bridgehead atoms. The van der Waals surface area contributed by atoms with Crippen LogP contribution in [0.4, 0.5) is 4.79 Å². The van der Waals surface area contributed by atoms with E-state index in [9.17, 15) is 19.8 Å². The average Bonchev–Trinajstić information content (AvgIpc) is 2.68. The second kappa shape index (κ2) is 4.68. The fourth-order valence-electron chi connectivity index (χ4n) is 3.80. The number of carboxylic acids is 1. The molecule has 1 aliphatic heterocycles. The second-order valence-electron chi connectivity index (χ2n) is 7.02. The molecule has 3 unspecified atom stereocenters. The molecule has 1 saturated heterocycles. The standard InChI is InChI=1S/C15H20BrNO4/c1-14(2,3)17(13(20)21)6-5-9-7-10(16)8-15(4,11(9)17)12(18)19/h7-8,11H,5-6H2,1-4H3,(H-,18,19,20,21). The number of aliphatic carboxylic acids is 1. The van der Waals surface area contributed by atoms with Gasteiger partial charge in [-0.05, 0) is 45.4 Å². The first kappa shape index (κ1) is 16.2. The number of fused-ring (bicyclic) bond motifs is 1. The van der Waals surface area contributed by atoms with E-state index in [1.54, 1.807) is 13.0 Å². The van der Waals surface area contributed by atoms with Crippen molar-refractivity contribution in [2.45, 2.75) is 45.7 Å². The Morgan fingerprint density at radius 3 is 2.48 bits per heavy atom. The van der Waals surface area contributed by atoms with Crippen LogP contribution < -0.4 is 5.11 Å². The van der Waals surface area contributed by atoms with Crippen molar-refractivity contribution >= 4 is 28.0 Å². The maximum atomic E-state index is 12.0. The molecule has 2 rings (SSSR count). The Morgan fingerprint density at radius 1 is 1.48 bits per heavy atom. The van der Waals surface area contributed by atoms with Gasteiger partial charge in [-0.1, -0.05) is 15.9 Å². The fourth-order valence-corrected chi connectivity index (χ4v) is 4.57. The minimum atomic E-state index is -1.28. The van der Waals surface area contributed by atoms with E-state index in [1.807, 2.05) is 26.8 Å². The third kappa shape index (κ3) is 2.07. The van der Waals surface area contributed by atoms with Crippen molar-refractivity contribution < 1.29 is 24.3 Å². The topological polar surface area (TPSA) is 77.4 Å². The highest BCUT2D eigenvalue weighted by Crippen LogP contribution is 2.51. The minimum absolute atomic E-state index is 0.347. The Balaban J connectivity index is 2.73. The van der Waals surface area contributed by atoms with Crippen LogP contribution in [0, 0.1) is 5.41 Å². The molecule has 1 fully saturated rings. The molecule has 0 spiro atoms. The summed E-state index contributed by atoms with van der Waals surface area (Å²) >= 11 is 3.35. The van der Waals surface area contributed by atoms with Crippen LogP contribution in [0.2, 0.25) is 0 Å². The number of carboxylic acid groups (broad SMARTS) is 2. The Bertz CT molecular complexity index is 575. The lowest BCUT2D eigenvalue weighted by atomic mass is 9.73. The zero-order valence-electron chi connectivity index (χ0n) is 12.6. The minimum Gasteiger partial charge on any atom is -0.498 e. The summed E-state index contributed by atoms with van der Waals surface area (Å²) in [6, 6.07) is -0.652. The first-order chi connectivity index (χ1) is 9.46. The number of carbonyl (C=O) groups excluding carboxylic acids is 1. The van der Waals surface area contributed by atoms with Crippen molar-refractivity contribution in [2.75, 3.05) is 6.54 Å². The smallest absolute Gasteiger partial charge is 0.319 e. The summed E-state index contributed by atoms with van der Waals surface area (Å²) in [7, 11) is 0. The summed E-state index contributed by atoms with van der Waals surface area (Å²) in [6.07, 6.45) is 2.79. The third-order valence-corrected chi connectivity index (χ3v) is 5.32. The molecule has 0 radical (unpaired) electrons. The van der Waals surface area contributed by atoms with Crippen LogP contribution in [0.25, 0.3) is 0 Å². The maximum absolute atomic E-state index is 12.0. The van der Waals surface area contributed by atoms with E-state index < -0.39 is 29.1 Å². The van der Waals surface area contributed by atoms with E-state index >= 15 is 0 Å². The molecule has 0 aromatic heterocycles. The van der Waals surface area contributed by atoms with Gasteiger partial charge in [-0.2, -0.15) is 0 Å². The molecule has 116 valence electrons. The molecular weight excluding hydrogens is 338 g/mol. The molecule has 1 N–H and O–H groups in total. The number of quaternary nitrogens is 1. The van der Waals surface area contributed by atoms with E-state index in [0.717, 1.165) is 5.57 Å². The van der Waals surface area contributed by atoms with Crippen LogP contribution in [0.1, 0.15) is 34.1 Å². The van der Waals surface area contributed by atoms with Crippen LogP contribution in [0.3, 0.4) is 0 Å². The molecule has 6 heteroatoms. The first-order valence-electron chi connectivity index (χ1n) is 6.88. The SMILES string of the molecule is CC1(C(=O)O)C=C(Br)C=C2CC[N+](C(=O)[O-])(C(C)(C)C)C21. The number of hydrogen-bond donors (Lipinski definition) is 1. The van der Waals surface area contributed by atoms with Gasteiger partial charge in [0.25, 0.3) is 6.09 Å². The molecule has 0 saturated carbocycles. The second-order valence-corrected chi connectivity index (χ2v) is 7.93. The largest absolute Gasteiger partial charge is 0.498 e. The normalized spacial score (nSPS) is 35.8. The van der Waals surface area contributed by atoms with E-state index in [2.05, 4.69) is 15.9 Å². The van der Waals surface area contributed by atoms with Crippen LogP contribution in [0.15, 0.2) is 22.2 Å². The lowest BCUT2D eigenvalue weighted by Gasteiger charge is -2.53. The van der Waals surface area contributed by atoms with E-state index in [0.29, 0.717) is 17.4 Å². The molecule has 1 aliphatic carbocycles. The summed E-state index contributed by atoms with van der Waals surface area (Å²) in [5, 5.41) is 21.8. The Labute approximate surface area is 132 Å². The van der Waals surface area contributed by atoms with Crippen LogP contribution >= 0.6 is 15.9 Å². The van der Waals surface area contributed by atoms with Gasteiger partial charge in [-0.25, -0.2) is 0 Å². The highest BCUT2D eigenvalue weighted by Gasteiger charge is 2.63. The maximum Gasteiger partial charge on any atom is 0.319 e. The number of rotatable bonds is 1. The van der Waals surface area contributed by atoms with Gasteiger partial charge in [0.15, 0.2) is 0 Å². The number of halogens is 1. The predicted octanol–water partition coefficient (Wildman–Crippen LogP) is 2.03. The number of amides is 1. The molecular formula is C15H20BrNO4. The highest BCUT2D eigenvalue weighted by molar-refractivity contribution is 9.11. The molecule has 3 atom stereocenters. The van der Waals surface area contributed by atoms with Gasteiger partial charge < -0.3 is 15.0 Å². The van der Waals surface area contributed by atoms with E-state index in [4.69, 9.17) is 0 Å². The van der Waals surface area contributed by atoms with Crippen LogP contribution in [-0.4, -0.2) is 39.8 Å². The van der Waals surface area contributed by atoms with Gasteiger partial charge in [-0.15, -0.1) is 0 Å². The summed E-state index contributed by atoms with van der Waals surface area (Å²) < 4.78 is 0.323. The highest BCUT2D eigenvalue weighted by atomic mass is 79.9. The average molecular weight is 358 g/mol. The zero-order chi connectivity index (χ0) is 16.2. The monoisotopic (exact) mass is 357 g/mol. The van der Waals surface area contributed by atoms with Crippen molar-refractivity contribution in [3.05, 3.63) is 22.2 Å². The molecule has 0 aromatic rings. The summed E-state index contributed by atoms with van der Waals surface area (Å²) in [5.41, 5.74) is -1.09. The van der Waals surface area contributed by atoms with Crippen molar-refractivity contribution in [1.29, 1.82) is 0 Å². The summed E-state index contributed by atoms with van der Waals surface area (Å²) in [5.74, 6) is -1.02. The molecule has 0 aromatic carbocycles. The lowest BCUT2D eigenvalue weighted by molar-refractivity contribution is -0.931. The molecule has 5 nitrogen and oxygen atoms in total. The number of carbonyl (C=O) groups is 2. The van der Waals surface area contributed by atoms with Crippen molar-refractivity contribution in [3.8, 4) is 0 Å². The summed E-state index contributed by atoms with van der Waals surface area (Å²) in [6.45, 7) is 7.39. The first-order valence-corrected chi connectivity index (χ1v) is 7.68. The molecule has 1 amide bonds. The summed E-state index contributed by atoms with van der Waals surface area (Å²) in [4.78, 5) is 23.9. The molecule has 2 aliphatic rings. The zero-order valence-corrected chi connectivity index (χ0v) is 14.2. The van der Waals surface area contributed by atoms with Crippen molar-refractivity contribution in [3.63, 3.8) is 0 Å². The van der Waals surface area contributed by atoms with Gasteiger partial charge in [0.1, 0.15) is 11.5 Å². The number of likely N-dealkylation sites (tertiary alicyclic amines) is 1. The number of nitrogens with zero attached hydrogens (tertiary/aromatic N) is 1. The van der Waals surface area contributed by atoms with Crippen LogP contribution in [-0.2, 0) is 4.79 Å². The molecule has 1 heterocycles. The van der Waals surface area contributed by atoms with Crippen molar-refractivity contribution in [2.24, 2.45) is 5.41 Å². The fraction of sp³-hybridized carbons (Fsp3) is 0.600. The Kier molecular flexibility index (Phi) is 3.62. The van der Waals surface area contributed by atoms with E-state index in [1.165, 1.54) is 0 Å². The number of allylic oxidation sites excluding steroid dienone is 2. The van der Waals surface area contributed by atoms with Crippen LogP contribution in [0.5, 0.6) is 0 Å². The quantitative estimate of drug-likeness (QED) is 0.728. The predicted molar refractivity (Wildman–Crippen MR) is 79.5 cm³/mol. The Hall–Kier alpha value is -1.14. The molecule has 21 heavy (non-hydrogen) atoms.